The largest absolute Gasteiger partial charge is 0.357 e. The van der Waals surface area contributed by atoms with Gasteiger partial charge in [-0.2, -0.15) is 4.98 Å². The number of benzene rings is 1. The molecule has 0 unspecified atom stereocenters. The Bertz CT molecular complexity index is 1130. The van der Waals surface area contributed by atoms with E-state index in [1.807, 2.05) is 13.0 Å². The first kappa shape index (κ1) is 22.9. The number of halogens is 2. The van der Waals surface area contributed by atoms with Crippen LogP contribution in [0.4, 0.5) is 20.8 Å². The molecule has 2 heterocycles. The van der Waals surface area contributed by atoms with Crippen LogP contribution in [0.5, 0.6) is 0 Å². The molecule has 3 rings (SSSR count). The highest BCUT2D eigenvalue weighted by Gasteiger charge is 2.16. The van der Waals surface area contributed by atoms with Crippen molar-refractivity contribution < 1.29 is 9.18 Å². The molecule has 7 nitrogen and oxygen atoms in total. The highest BCUT2D eigenvalue weighted by Crippen LogP contribution is 2.35. The Labute approximate surface area is 189 Å². The fourth-order valence-corrected chi connectivity index (χ4v) is 3.54. The van der Waals surface area contributed by atoms with Crippen molar-refractivity contribution in [3.63, 3.8) is 0 Å². The van der Waals surface area contributed by atoms with Crippen LogP contribution < -0.4 is 16.0 Å². The van der Waals surface area contributed by atoms with Gasteiger partial charge in [-0.15, -0.1) is 0 Å². The summed E-state index contributed by atoms with van der Waals surface area (Å²) in [5.74, 6) is -0.0472. The zero-order valence-corrected chi connectivity index (χ0v) is 19.8. The molecule has 2 amide bonds. The Balaban J connectivity index is 1.90. The minimum Gasteiger partial charge on any atom is -0.357 e. The number of carbonyl (C=O) groups excluding carboxylic acids is 1. The molecule has 2 aromatic heterocycles. The fraction of sp³-hybridized carbons (Fsp3) is 0.364. The maximum atomic E-state index is 14.5. The summed E-state index contributed by atoms with van der Waals surface area (Å²) in [5, 5.41) is 9.02. The van der Waals surface area contributed by atoms with E-state index in [9.17, 15) is 9.18 Å². The van der Waals surface area contributed by atoms with Crippen molar-refractivity contribution in [3.8, 4) is 11.1 Å². The molecule has 0 atom stereocenters. The van der Waals surface area contributed by atoms with Crippen molar-refractivity contribution >= 4 is 44.6 Å². The first-order valence-corrected chi connectivity index (χ1v) is 10.7. The van der Waals surface area contributed by atoms with Crippen LogP contribution in [0.15, 0.2) is 28.9 Å². The van der Waals surface area contributed by atoms with Gasteiger partial charge >= 0.3 is 6.03 Å². The zero-order valence-electron chi connectivity index (χ0n) is 18.2. The minimum atomic E-state index is -0.532. The Morgan fingerprint density at radius 2 is 1.90 bits per heavy atom. The molecule has 0 saturated heterocycles. The Kier molecular flexibility index (Phi) is 6.74. The molecular weight excluding hydrogens is 463 g/mol. The molecule has 0 saturated carbocycles. The van der Waals surface area contributed by atoms with E-state index in [0.29, 0.717) is 28.2 Å². The lowest BCUT2D eigenvalue weighted by molar-refractivity contribution is 0.250. The summed E-state index contributed by atoms with van der Waals surface area (Å²) < 4.78 is 15.1. The summed E-state index contributed by atoms with van der Waals surface area (Å²) in [5.41, 5.74) is 2.97. The molecular formula is C22H26BrFN6O. The van der Waals surface area contributed by atoms with Crippen molar-refractivity contribution in [3.05, 3.63) is 40.4 Å². The highest BCUT2D eigenvalue weighted by molar-refractivity contribution is 9.10. The first-order valence-electron chi connectivity index (χ1n) is 9.94. The predicted molar refractivity (Wildman–Crippen MR) is 126 cm³/mol. The second-order valence-corrected chi connectivity index (χ2v) is 9.34. The number of fused-ring (bicyclic) bond motifs is 1. The lowest BCUT2D eigenvalue weighted by atomic mass is 9.92. The standard InChI is InChI=1S/C22H26BrFN6O/c1-12-14(8-13-11-27-20(25-5)30-19(13)28-12)15-9-18(17(24)10-16(15)23)29-21(31)26-7-6-22(2,3)4/h8-11H,6-7H2,1-5H3,(H2,26,29,31)(H,25,27,28,30). The summed E-state index contributed by atoms with van der Waals surface area (Å²) in [6.45, 7) is 8.65. The first-order chi connectivity index (χ1) is 14.6. The van der Waals surface area contributed by atoms with Crippen molar-refractivity contribution in [1.29, 1.82) is 0 Å². The Morgan fingerprint density at radius 3 is 2.58 bits per heavy atom. The van der Waals surface area contributed by atoms with Crippen LogP contribution in [0, 0.1) is 18.2 Å². The normalized spacial score (nSPS) is 11.5. The average Bonchev–Trinajstić information content (AvgIpc) is 2.68. The van der Waals surface area contributed by atoms with E-state index in [1.54, 1.807) is 19.3 Å². The van der Waals surface area contributed by atoms with Gasteiger partial charge in [0.15, 0.2) is 5.65 Å². The second kappa shape index (κ2) is 9.13. The fourth-order valence-electron chi connectivity index (χ4n) is 3.01. The number of amides is 2. The SMILES string of the molecule is CNc1ncc2cc(-c3cc(NC(=O)NCCC(C)(C)C)c(F)cc3Br)c(C)nc2n1. The maximum Gasteiger partial charge on any atom is 0.319 e. The molecule has 9 heteroatoms. The van der Waals surface area contributed by atoms with Gasteiger partial charge in [0.05, 0.1) is 5.69 Å². The highest BCUT2D eigenvalue weighted by atomic mass is 79.9. The van der Waals surface area contributed by atoms with Crippen LogP contribution in [0.3, 0.4) is 0 Å². The number of anilines is 2. The second-order valence-electron chi connectivity index (χ2n) is 8.48. The third kappa shape index (κ3) is 5.66. The van der Waals surface area contributed by atoms with Crippen LogP contribution in [0.1, 0.15) is 32.9 Å². The predicted octanol–water partition coefficient (Wildman–Crippen LogP) is 5.50. The molecule has 0 bridgehead atoms. The van der Waals surface area contributed by atoms with Crippen molar-refractivity contribution in [2.75, 3.05) is 24.2 Å². The monoisotopic (exact) mass is 488 g/mol. The maximum absolute atomic E-state index is 14.5. The van der Waals surface area contributed by atoms with E-state index in [-0.39, 0.29) is 11.1 Å². The quantitative estimate of drug-likeness (QED) is 0.440. The molecule has 0 fully saturated rings. The smallest absolute Gasteiger partial charge is 0.319 e. The zero-order chi connectivity index (χ0) is 22.8. The lowest BCUT2D eigenvalue weighted by Gasteiger charge is -2.18. The molecule has 3 aromatic rings. The third-order valence-corrected chi connectivity index (χ3v) is 5.39. The van der Waals surface area contributed by atoms with Gasteiger partial charge in [-0.1, -0.05) is 36.7 Å². The van der Waals surface area contributed by atoms with Crippen LogP contribution in [0.25, 0.3) is 22.2 Å². The van der Waals surface area contributed by atoms with E-state index >= 15 is 0 Å². The molecule has 0 spiro atoms. The van der Waals surface area contributed by atoms with E-state index in [4.69, 9.17) is 0 Å². The molecule has 1 aromatic carbocycles. The van der Waals surface area contributed by atoms with Crippen molar-refractivity contribution in [1.82, 2.24) is 20.3 Å². The molecule has 0 aliphatic heterocycles. The van der Waals surface area contributed by atoms with E-state index in [2.05, 4.69) is 67.6 Å². The van der Waals surface area contributed by atoms with Crippen LogP contribution in [-0.2, 0) is 0 Å². The number of nitrogens with zero attached hydrogens (tertiary/aromatic N) is 3. The number of aryl methyl sites for hydroxylation is 1. The lowest BCUT2D eigenvalue weighted by Crippen LogP contribution is -2.31. The van der Waals surface area contributed by atoms with Gasteiger partial charge in [0, 0.05) is 40.9 Å². The number of aromatic nitrogens is 3. The van der Waals surface area contributed by atoms with E-state index < -0.39 is 11.8 Å². The van der Waals surface area contributed by atoms with Crippen LogP contribution in [0.2, 0.25) is 0 Å². The number of carbonyl (C=O) groups is 1. The summed E-state index contributed by atoms with van der Waals surface area (Å²) in [6.07, 6.45) is 2.50. The Morgan fingerprint density at radius 1 is 1.16 bits per heavy atom. The van der Waals surface area contributed by atoms with Crippen molar-refractivity contribution in [2.45, 2.75) is 34.1 Å². The summed E-state index contributed by atoms with van der Waals surface area (Å²) in [4.78, 5) is 25.4. The number of hydrogen-bond acceptors (Lipinski definition) is 5. The molecule has 3 N–H and O–H groups in total. The van der Waals surface area contributed by atoms with Gasteiger partial charge < -0.3 is 16.0 Å². The summed E-state index contributed by atoms with van der Waals surface area (Å²) >= 11 is 3.43. The third-order valence-electron chi connectivity index (χ3n) is 4.74. The molecule has 0 aliphatic carbocycles. The average molecular weight is 489 g/mol. The molecule has 164 valence electrons. The number of hydrogen-bond donors (Lipinski definition) is 3. The topological polar surface area (TPSA) is 91.8 Å². The summed E-state index contributed by atoms with van der Waals surface area (Å²) in [7, 11) is 1.74. The molecule has 0 radical (unpaired) electrons. The van der Waals surface area contributed by atoms with Crippen LogP contribution >= 0.6 is 15.9 Å². The van der Waals surface area contributed by atoms with Gasteiger partial charge in [0.25, 0.3) is 0 Å². The molecule has 31 heavy (non-hydrogen) atoms. The van der Waals surface area contributed by atoms with Gasteiger partial charge in [-0.3, -0.25) is 0 Å². The van der Waals surface area contributed by atoms with Gasteiger partial charge in [0.2, 0.25) is 5.95 Å². The minimum absolute atomic E-state index is 0.0905. The van der Waals surface area contributed by atoms with Gasteiger partial charge in [-0.25, -0.2) is 19.2 Å². The van der Waals surface area contributed by atoms with Gasteiger partial charge in [0.1, 0.15) is 5.82 Å². The summed E-state index contributed by atoms with van der Waals surface area (Å²) in [6, 6.07) is 4.39. The number of pyridine rings is 1. The van der Waals surface area contributed by atoms with Crippen molar-refractivity contribution in [2.24, 2.45) is 5.41 Å². The number of urea groups is 1. The Hall–Kier alpha value is -2.81. The van der Waals surface area contributed by atoms with E-state index in [1.165, 1.54) is 6.07 Å². The number of rotatable bonds is 5. The van der Waals surface area contributed by atoms with E-state index in [0.717, 1.165) is 23.1 Å². The van der Waals surface area contributed by atoms with Gasteiger partial charge in [-0.05, 0) is 42.5 Å². The molecule has 0 aliphatic rings. The number of nitrogens with one attached hydrogen (secondary N) is 3. The van der Waals surface area contributed by atoms with Crippen LogP contribution in [-0.4, -0.2) is 34.6 Å².